The zero-order valence-corrected chi connectivity index (χ0v) is 19.3. The maximum atomic E-state index is 13.5. The number of hydrogen-bond acceptors (Lipinski definition) is 6. The summed E-state index contributed by atoms with van der Waals surface area (Å²) in [5.74, 6) is 1.42. The molecule has 0 radical (unpaired) electrons. The van der Waals surface area contributed by atoms with Crippen LogP contribution in [0.15, 0.2) is 35.4 Å². The lowest BCUT2D eigenvalue weighted by molar-refractivity contribution is 0.0494. The molecule has 1 saturated heterocycles. The molecule has 8 nitrogen and oxygen atoms in total. The molecule has 1 N–H and O–H groups in total. The summed E-state index contributed by atoms with van der Waals surface area (Å²) in [5, 5.41) is 14.3. The lowest BCUT2D eigenvalue weighted by Gasteiger charge is -2.25. The molecular formula is C22H33N3O5S. The lowest BCUT2D eigenvalue weighted by atomic mass is 10.0. The minimum absolute atomic E-state index is 0.112. The number of aliphatic hydroxyl groups excluding tert-OH is 1. The van der Waals surface area contributed by atoms with E-state index in [0.29, 0.717) is 42.7 Å². The van der Waals surface area contributed by atoms with Crippen molar-refractivity contribution in [3.8, 4) is 5.75 Å². The molecule has 0 saturated carbocycles. The van der Waals surface area contributed by atoms with Gasteiger partial charge in [-0.2, -0.15) is 5.10 Å². The first-order valence-corrected chi connectivity index (χ1v) is 12.3. The van der Waals surface area contributed by atoms with Crippen molar-refractivity contribution in [2.45, 2.75) is 51.7 Å². The fourth-order valence-electron chi connectivity index (χ4n) is 3.54. The highest BCUT2D eigenvalue weighted by Gasteiger charge is 2.28. The molecule has 0 aliphatic carbocycles. The minimum atomic E-state index is -3.85. The number of aliphatic hydroxyl groups is 1. The predicted molar refractivity (Wildman–Crippen MR) is 119 cm³/mol. The Hall–Kier alpha value is -2.10. The third-order valence-corrected chi connectivity index (χ3v) is 7.11. The number of benzene rings is 1. The second-order valence-electron chi connectivity index (χ2n) is 8.25. The Morgan fingerprint density at radius 1 is 1.29 bits per heavy atom. The zero-order chi connectivity index (χ0) is 22.4. The van der Waals surface area contributed by atoms with E-state index in [4.69, 9.17) is 9.47 Å². The number of nitrogens with zero attached hydrogens (tertiary/aromatic N) is 3. The monoisotopic (exact) mass is 451 g/mol. The Morgan fingerprint density at radius 2 is 2.03 bits per heavy atom. The van der Waals surface area contributed by atoms with Gasteiger partial charge < -0.3 is 14.6 Å². The van der Waals surface area contributed by atoms with Crippen molar-refractivity contribution in [1.82, 2.24) is 9.78 Å². The first-order valence-electron chi connectivity index (χ1n) is 10.9. The molecule has 1 aromatic heterocycles. The van der Waals surface area contributed by atoms with Crippen LogP contribution in [0.3, 0.4) is 0 Å². The summed E-state index contributed by atoms with van der Waals surface area (Å²) in [6.07, 6.45) is 3.65. The van der Waals surface area contributed by atoms with Gasteiger partial charge in [0.15, 0.2) is 5.82 Å². The summed E-state index contributed by atoms with van der Waals surface area (Å²) in [7, 11) is -3.85. The van der Waals surface area contributed by atoms with Gasteiger partial charge in [-0.3, -0.25) is 4.68 Å². The van der Waals surface area contributed by atoms with Gasteiger partial charge in [0, 0.05) is 44.1 Å². The van der Waals surface area contributed by atoms with E-state index in [0.717, 1.165) is 26.1 Å². The van der Waals surface area contributed by atoms with Gasteiger partial charge in [0.05, 0.1) is 18.1 Å². The van der Waals surface area contributed by atoms with Gasteiger partial charge in [-0.15, -0.1) is 0 Å². The van der Waals surface area contributed by atoms with Gasteiger partial charge in [-0.1, -0.05) is 13.8 Å². The van der Waals surface area contributed by atoms with Crippen LogP contribution in [0, 0.1) is 11.8 Å². The minimum Gasteiger partial charge on any atom is -0.493 e. The quantitative estimate of drug-likeness (QED) is 0.597. The first kappa shape index (κ1) is 23.6. The second-order valence-corrected chi connectivity index (χ2v) is 10.1. The number of hydrogen-bond donors (Lipinski definition) is 1. The number of aryl methyl sites for hydroxylation is 1. The van der Waals surface area contributed by atoms with Crippen molar-refractivity contribution in [3.05, 3.63) is 36.0 Å². The van der Waals surface area contributed by atoms with Crippen LogP contribution >= 0.6 is 0 Å². The molecule has 1 fully saturated rings. The van der Waals surface area contributed by atoms with E-state index in [9.17, 15) is 13.5 Å². The van der Waals surface area contributed by atoms with Crippen LogP contribution in [-0.2, 0) is 27.9 Å². The molecule has 9 heteroatoms. The van der Waals surface area contributed by atoms with E-state index in [-0.39, 0.29) is 17.4 Å². The van der Waals surface area contributed by atoms with Gasteiger partial charge in [0.1, 0.15) is 5.75 Å². The van der Waals surface area contributed by atoms with Crippen LogP contribution in [0.5, 0.6) is 5.75 Å². The van der Waals surface area contributed by atoms with Crippen molar-refractivity contribution in [3.63, 3.8) is 0 Å². The molecular weight excluding hydrogens is 418 g/mol. The van der Waals surface area contributed by atoms with Gasteiger partial charge in [-0.05, 0) is 49.8 Å². The average molecular weight is 452 g/mol. The fourth-order valence-corrected chi connectivity index (χ4v) is 5.16. The maximum Gasteiger partial charge on any atom is 0.265 e. The average Bonchev–Trinajstić information content (AvgIpc) is 3.25. The Balaban J connectivity index is 1.85. The zero-order valence-electron chi connectivity index (χ0n) is 18.5. The van der Waals surface area contributed by atoms with Crippen molar-refractivity contribution < 1.29 is 23.0 Å². The third-order valence-electron chi connectivity index (χ3n) is 5.34. The Kier molecular flexibility index (Phi) is 7.96. The number of anilines is 1. The molecule has 1 aromatic carbocycles. The Bertz CT molecular complexity index is 952. The van der Waals surface area contributed by atoms with Crippen molar-refractivity contribution in [2.24, 2.45) is 11.8 Å². The molecule has 0 amide bonds. The highest BCUT2D eigenvalue weighted by molar-refractivity contribution is 7.92. The number of aromatic nitrogens is 2. The van der Waals surface area contributed by atoms with Crippen LogP contribution < -0.4 is 9.04 Å². The second kappa shape index (κ2) is 10.5. The third kappa shape index (κ3) is 5.78. The predicted octanol–water partition coefficient (Wildman–Crippen LogP) is 3.05. The van der Waals surface area contributed by atoms with E-state index >= 15 is 0 Å². The summed E-state index contributed by atoms with van der Waals surface area (Å²) >= 11 is 0. The molecule has 172 valence electrons. The highest BCUT2D eigenvalue weighted by atomic mass is 32.2. The van der Waals surface area contributed by atoms with Gasteiger partial charge in [-0.25, -0.2) is 12.7 Å². The molecule has 0 atom stereocenters. The van der Waals surface area contributed by atoms with Crippen molar-refractivity contribution in [1.29, 1.82) is 0 Å². The van der Waals surface area contributed by atoms with Crippen LogP contribution in [0.2, 0.25) is 0 Å². The molecule has 31 heavy (non-hydrogen) atoms. The normalized spacial score (nSPS) is 15.4. The summed E-state index contributed by atoms with van der Waals surface area (Å²) < 4.78 is 41.3. The molecule has 0 bridgehead atoms. The number of sulfonamides is 1. The van der Waals surface area contributed by atoms with Gasteiger partial charge in [0.2, 0.25) is 0 Å². The molecule has 0 unspecified atom stereocenters. The number of rotatable bonds is 10. The summed E-state index contributed by atoms with van der Waals surface area (Å²) in [5.41, 5.74) is 0.455. The maximum absolute atomic E-state index is 13.5. The Labute approximate surface area is 184 Å². The highest BCUT2D eigenvalue weighted by Crippen LogP contribution is 2.29. The van der Waals surface area contributed by atoms with Crippen molar-refractivity contribution >= 4 is 15.8 Å². The van der Waals surface area contributed by atoms with Crippen LogP contribution in [0.4, 0.5) is 5.82 Å². The van der Waals surface area contributed by atoms with E-state index in [1.165, 1.54) is 16.4 Å². The lowest BCUT2D eigenvalue weighted by Crippen LogP contribution is -2.34. The first-order chi connectivity index (χ1) is 14.8. The van der Waals surface area contributed by atoms with Gasteiger partial charge in [0.25, 0.3) is 10.0 Å². The smallest absolute Gasteiger partial charge is 0.265 e. The molecule has 2 aromatic rings. The Morgan fingerprint density at radius 3 is 2.65 bits per heavy atom. The van der Waals surface area contributed by atoms with Crippen LogP contribution in [-0.4, -0.2) is 49.7 Å². The summed E-state index contributed by atoms with van der Waals surface area (Å²) in [6, 6.07) is 6.38. The van der Waals surface area contributed by atoms with Crippen molar-refractivity contribution in [2.75, 3.05) is 30.7 Å². The molecule has 0 spiro atoms. The van der Waals surface area contributed by atoms with Crippen LogP contribution in [0.25, 0.3) is 0 Å². The van der Waals surface area contributed by atoms with Gasteiger partial charge >= 0.3 is 0 Å². The topological polar surface area (TPSA) is 93.9 Å². The largest absolute Gasteiger partial charge is 0.493 e. The number of ether oxygens (including phenoxy) is 2. The molecule has 2 heterocycles. The van der Waals surface area contributed by atoms with Crippen LogP contribution in [0.1, 0.15) is 39.2 Å². The van der Waals surface area contributed by atoms with E-state index in [2.05, 4.69) is 5.10 Å². The fraction of sp³-hybridized carbons (Fsp3) is 0.591. The molecule has 1 aliphatic rings. The van der Waals surface area contributed by atoms with E-state index in [1.807, 2.05) is 20.8 Å². The standard InChI is InChI=1S/C22H33N3O5S/c1-4-24-10-7-22(23-24)25(14-17(2)3)31(27,28)20-5-6-21(19(13-20)15-26)30-16-18-8-11-29-12-9-18/h5-7,10,13,17-18,26H,4,8-9,11-12,14-16H2,1-3H3. The summed E-state index contributed by atoms with van der Waals surface area (Å²) in [4.78, 5) is 0.113. The van der Waals surface area contributed by atoms with E-state index in [1.54, 1.807) is 23.0 Å². The molecule has 3 rings (SSSR count). The summed E-state index contributed by atoms with van der Waals surface area (Å²) in [6.45, 7) is 8.53. The SMILES string of the molecule is CCn1ccc(N(CC(C)C)S(=O)(=O)c2ccc(OCC3CCOCC3)c(CO)c2)n1. The molecule has 1 aliphatic heterocycles. The van der Waals surface area contributed by atoms with E-state index < -0.39 is 10.0 Å².